The van der Waals surface area contributed by atoms with Gasteiger partial charge >= 0.3 is 5.97 Å². The third-order valence-corrected chi connectivity index (χ3v) is 3.86. The summed E-state index contributed by atoms with van der Waals surface area (Å²) in [6, 6.07) is 7.19. The van der Waals surface area contributed by atoms with Crippen molar-refractivity contribution in [3.8, 4) is 0 Å². The number of rotatable bonds is 3. The summed E-state index contributed by atoms with van der Waals surface area (Å²) in [6.07, 6.45) is 4.94. The van der Waals surface area contributed by atoms with Crippen LogP contribution in [-0.2, 0) is 4.74 Å². The topological polar surface area (TPSA) is 26.3 Å². The summed E-state index contributed by atoms with van der Waals surface area (Å²) in [5.74, 6) is 1.07. The van der Waals surface area contributed by atoms with Crippen molar-refractivity contribution in [3.63, 3.8) is 0 Å². The minimum atomic E-state index is -0.232. The molecule has 0 radical (unpaired) electrons. The Labute approximate surface area is 114 Å². The maximum Gasteiger partial charge on any atom is 0.338 e. The molecule has 0 amide bonds. The molecule has 0 saturated heterocycles. The van der Waals surface area contributed by atoms with Crippen molar-refractivity contribution in [3.05, 3.63) is 29.8 Å². The molecule has 0 N–H and O–H groups in total. The molecule has 0 aromatic heterocycles. The molecule has 2 nitrogen and oxygen atoms in total. The van der Waals surface area contributed by atoms with Crippen molar-refractivity contribution < 1.29 is 9.53 Å². The first-order valence-electron chi connectivity index (χ1n) is 6.61. The summed E-state index contributed by atoms with van der Waals surface area (Å²) in [6.45, 7) is 2.83. The van der Waals surface area contributed by atoms with Gasteiger partial charge < -0.3 is 4.74 Å². The molecule has 0 spiro atoms. The van der Waals surface area contributed by atoms with Crippen LogP contribution in [0.3, 0.4) is 0 Å². The third kappa shape index (κ3) is 3.77. The normalized spacial score (nSPS) is 23.7. The van der Waals surface area contributed by atoms with Gasteiger partial charge in [-0.05, 0) is 42.9 Å². The third-order valence-electron chi connectivity index (χ3n) is 3.58. The van der Waals surface area contributed by atoms with E-state index >= 15 is 0 Å². The van der Waals surface area contributed by atoms with Crippen LogP contribution in [0.2, 0.25) is 0 Å². The minimum absolute atomic E-state index is 0.232. The molecule has 2 rings (SSSR count). The lowest BCUT2D eigenvalue weighted by molar-refractivity contribution is 0.0390. The van der Waals surface area contributed by atoms with Gasteiger partial charge in [-0.15, -0.1) is 12.6 Å². The van der Waals surface area contributed by atoms with Crippen LogP contribution >= 0.6 is 12.6 Å². The number of hydrogen-bond donors (Lipinski definition) is 1. The number of esters is 1. The molecule has 2 unspecified atom stereocenters. The zero-order chi connectivity index (χ0) is 13.0. The Morgan fingerprint density at radius 3 is 3.00 bits per heavy atom. The maximum atomic E-state index is 11.9. The number of benzene rings is 1. The van der Waals surface area contributed by atoms with Crippen LogP contribution in [0.25, 0.3) is 0 Å². The van der Waals surface area contributed by atoms with Crippen molar-refractivity contribution in [1.29, 1.82) is 0 Å². The SMILES string of the molecule is CC1CCCC(COC(=O)c2cccc(S)c2)C1. The lowest BCUT2D eigenvalue weighted by atomic mass is 9.83. The van der Waals surface area contributed by atoms with Crippen LogP contribution in [-0.4, -0.2) is 12.6 Å². The standard InChI is InChI=1S/C15H20O2S/c1-11-4-2-5-12(8-11)10-17-15(16)13-6-3-7-14(18)9-13/h3,6-7,9,11-12,18H,2,4-5,8,10H2,1H3. The van der Waals surface area contributed by atoms with Crippen LogP contribution in [0.5, 0.6) is 0 Å². The number of hydrogen-bond acceptors (Lipinski definition) is 3. The number of ether oxygens (including phenoxy) is 1. The van der Waals surface area contributed by atoms with Crippen LogP contribution in [0.1, 0.15) is 43.0 Å². The van der Waals surface area contributed by atoms with E-state index in [4.69, 9.17) is 4.74 Å². The number of thiol groups is 1. The molecule has 1 aromatic rings. The molecule has 2 atom stereocenters. The fourth-order valence-corrected chi connectivity index (χ4v) is 2.85. The predicted octanol–water partition coefficient (Wildman–Crippen LogP) is 3.96. The smallest absolute Gasteiger partial charge is 0.338 e. The highest BCUT2D eigenvalue weighted by Crippen LogP contribution is 2.28. The number of carbonyl (C=O) groups is 1. The Morgan fingerprint density at radius 1 is 1.44 bits per heavy atom. The van der Waals surface area contributed by atoms with Gasteiger partial charge in [-0.2, -0.15) is 0 Å². The summed E-state index contributed by atoms with van der Waals surface area (Å²) in [5.41, 5.74) is 0.589. The van der Waals surface area contributed by atoms with Gasteiger partial charge in [0.05, 0.1) is 12.2 Å². The van der Waals surface area contributed by atoms with Gasteiger partial charge in [0.2, 0.25) is 0 Å². The Hall–Kier alpha value is -0.960. The van der Waals surface area contributed by atoms with E-state index in [0.29, 0.717) is 18.1 Å². The largest absolute Gasteiger partial charge is 0.462 e. The molecule has 1 aliphatic carbocycles. The Bertz CT molecular complexity index is 417. The summed E-state index contributed by atoms with van der Waals surface area (Å²) >= 11 is 4.22. The summed E-state index contributed by atoms with van der Waals surface area (Å²) < 4.78 is 5.40. The fourth-order valence-electron chi connectivity index (χ4n) is 2.62. The molecule has 1 saturated carbocycles. The van der Waals surface area contributed by atoms with E-state index < -0.39 is 0 Å². The van der Waals surface area contributed by atoms with Crippen LogP contribution in [0, 0.1) is 11.8 Å². The average Bonchev–Trinajstić information content (AvgIpc) is 2.36. The van der Waals surface area contributed by atoms with Crippen LogP contribution in [0.15, 0.2) is 29.2 Å². The van der Waals surface area contributed by atoms with Crippen molar-refractivity contribution in [2.45, 2.75) is 37.5 Å². The van der Waals surface area contributed by atoms with Gasteiger partial charge in [0.1, 0.15) is 0 Å². The molecule has 1 aliphatic rings. The second kappa shape index (κ2) is 6.28. The Balaban J connectivity index is 1.84. The number of carbonyl (C=O) groups excluding carboxylic acids is 1. The zero-order valence-corrected chi connectivity index (χ0v) is 11.7. The predicted molar refractivity (Wildman–Crippen MR) is 75.1 cm³/mol. The Kier molecular flexibility index (Phi) is 4.70. The highest BCUT2D eigenvalue weighted by Gasteiger charge is 2.20. The van der Waals surface area contributed by atoms with E-state index in [1.54, 1.807) is 12.1 Å². The lowest BCUT2D eigenvalue weighted by Gasteiger charge is -2.26. The molecule has 0 aliphatic heterocycles. The van der Waals surface area contributed by atoms with Crippen LogP contribution < -0.4 is 0 Å². The quantitative estimate of drug-likeness (QED) is 0.660. The first-order chi connectivity index (χ1) is 8.65. The second-order valence-electron chi connectivity index (χ2n) is 5.29. The van der Waals surface area contributed by atoms with Crippen molar-refractivity contribution in [2.24, 2.45) is 11.8 Å². The molecule has 18 heavy (non-hydrogen) atoms. The summed E-state index contributed by atoms with van der Waals surface area (Å²) in [7, 11) is 0. The average molecular weight is 264 g/mol. The first-order valence-corrected chi connectivity index (χ1v) is 7.06. The van der Waals surface area contributed by atoms with Gasteiger partial charge in [0.15, 0.2) is 0 Å². The molecule has 1 aromatic carbocycles. The van der Waals surface area contributed by atoms with Crippen molar-refractivity contribution in [1.82, 2.24) is 0 Å². The molecule has 1 fully saturated rings. The van der Waals surface area contributed by atoms with Gasteiger partial charge in [0, 0.05) is 4.90 Å². The van der Waals surface area contributed by atoms with Gasteiger partial charge in [-0.25, -0.2) is 4.79 Å². The van der Waals surface area contributed by atoms with E-state index in [0.717, 1.165) is 10.8 Å². The molecule has 0 bridgehead atoms. The molecular formula is C15H20O2S. The van der Waals surface area contributed by atoms with Gasteiger partial charge in [0.25, 0.3) is 0 Å². The first kappa shape index (κ1) is 13.5. The van der Waals surface area contributed by atoms with E-state index in [-0.39, 0.29) is 5.97 Å². The summed E-state index contributed by atoms with van der Waals surface area (Å²) in [4.78, 5) is 12.7. The summed E-state index contributed by atoms with van der Waals surface area (Å²) in [5, 5.41) is 0. The van der Waals surface area contributed by atoms with Crippen molar-refractivity contribution in [2.75, 3.05) is 6.61 Å². The van der Waals surface area contributed by atoms with E-state index in [1.165, 1.54) is 25.7 Å². The zero-order valence-electron chi connectivity index (χ0n) is 10.8. The second-order valence-corrected chi connectivity index (χ2v) is 5.80. The maximum absolute atomic E-state index is 11.9. The lowest BCUT2D eigenvalue weighted by Crippen LogP contribution is -2.20. The highest BCUT2D eigenvalue weighted by atomic mass is 32.1. The molecular weight excluding hydrogens is 244 g/mol. The van der Waals surface area contributed by atoms with E-state index in [9.17, 15) is 4.79 Å². The molecule has 3 heteroatoms. The molecule has 0 heterocycles. The van der Waals surface area contributed by atoms with Crippen LogP contribution in [0.4, 0.5) is 0 Å². The van der Waals surface area contributed by atoms with Gasteiger partial charge in [-0.1, -0.05) is 25.8 Å². The fraction of sp³-hybridized carbons (Fsp3) is 0.533. The van der Waals surface area contributed by atoms with E-state index in [2.05, 4.69) is 19.6 Å². The minimum Gasteiger partial charge on any atom is -0.462 e. The highest BCUT2D eigenvalue weighted by molar-refractivity contribution is 7.80. The van der Waals surface area contributed by atoms with Gasteiger partial charge in [-0.3, -0.25) is 0 Å². The Morgan fingerprint density at radius 2 is 2.28 bits per heavy atom. The van der Waals surface area contributed by atoms with Crippen molar-refractivity contribution >= 4 is 18.6 Å². The molecule has 98 valence electrons. The van der Waals surface area contributed by atoms with E-state index in [1.807, 2.05) is 12.1 Å². The monoisotopic (exact) mass is 264 g/mol.